The van der Waals surface area contributed by atoms with Crippen LogP contribution in [0.5, 0.6) is 0 Å². The van der Waals surface area contributed by atoms with Crippen molar-refractivity contribution >= 4 is 14.5 Å². The summed E-state index contributed by atoms with van der Waals surface area (Å²) >= 11 is 0. The van der Waals surface area contributed by atoms with Crippen LogP contribution in [0.2, 0.25) is 0 Å². The van der Waals surface area contributed by atoms with E-state index in [2.05, 4.69) is 55.4 Å². The second-order valence-electron chi connectivity index (χ2n) is 13.2. The molecule has 0 aliphatic heterocycles. The third-order valence-corrected chi connectivity index (χ3v) is 20.6. The highest BCUT2D eigenvalue weighted by Gasteiger charge is 2.34. The van der Waals surface area contributed by atoms with Crippen LogP contribution in [-0.4, -0.2) is 49.3 Å². The molecule has 0 N–H and O–H groups in total. The van der Waals surface area contributed by atoms with Crippen LogP contribution in [0.1, 0.15) is 197 Å². The summed E-state index contributed by atoms with van der Waals surface area (Å²) in [7, 11) is -1.05. The van der Waals surface area contributed by atoms with Crippen molar-refractivity contribution in [2.24, 2.45) is 0 Å². The van der Waals surface area contributed by atoms with E-state index in [9.17, 15) is 0 Å². The standard InChI is InChI=1S/C30H64P.C8H20P.BrH.ClH/c1-5-9-13-14-15-16-17-18-19-20-21-22-23-24-25-26-30-31(27-10-6-2,28-11-7-3)29-12-8-4;1-5-9(6-2,7-3)8-4;;/h5-30H2,1-4H3;5-8H2,1-4H3;2*1H/q2*+1;;/p-2. The Morgan fingerprint density at radius 1 is 0.262 bits per heavy atom. The van der Waals surface area contributed by atoms with Gasteiger partial charge in [-0.1, -0.05) is 137 Å². The lowest BCUT2D eigenvalue weighted by molar-refractivity contribution is -0.00100. The Morgan fingerprint density at radius 2 is 0.476 bits per heavy atom. The third kappa shape index (κ3) is 30.3. The second-order valence-corrected chi connectivity index (χ2v) is 22.9. The van der Waals surface area contributed by atoms with Gasteiger partial charge in [0.2, 0.25) is 0 Å². The van der Waals surface area contributed by atoms with Gasteiger partial charge in [0, 0.05) is 14.5 Å². The van der Waals surface area contributed by atoms with E-state index in [0.717, 1.165) is 0 Å². The maximum atomic E-state index is 2.39. The van der Waals surface area contributed by atoms with Gasteiger partial charge in [-0.25, -0.2) is 0 Å². The molecule has 0 aromatic carbocycles. The van der Waals surface area contributed by atoms with E-state index >= 15 is 0 Å². The van der Waals surface area contributed by atoms with Crippen LogP contribution in [0.4, 0.5) is 0 Å². The Labute approximate surface area is 288 Å². The first-order chi connectivity index (χ1) is 19.5. The molecule has 0 saturated carbocycles. The zero-order chi connectivity index (χ0) is 30.2. The fraction of sp³-hybridized carbons (Fsp3) is 1.00. The number of rotatable bonds is 30. The van der Waals surface area contributed by atoms with Crippen LogP contribution in [0, 0.1) is 0 Å². The number of unbranched alkanes of at least 4 members (excludes halogenated alkanes) is 18. The summed E-state index contributed by atoms with van der Waals surface area (Å²) < 4.78 is 0. The second kappa shape index (κ2) is 38.8. The highest BCUT2D eigenvalue weighted by atomic mass is 79.9. The van der Waals surface area contributed by atoms with Crippen LogP contribution >= 0.6 is 14.5 Å². The molecule has 42 heavy (non-hydrogen) atoms. The van der Waals surface area contributed by atoms with E-state index in [-0.39, 0.29) is 29.4 Å². The molecule has 0 amide bonds. The molecule has 0 saturated heterocycles. The van der Waals surface area contributed by atoms with Crippen molar-refractivity contribution in [1.29, 1.82) is 0 Å². The average Bonchev–Trinajstić information content (AvgIpc) is 2.99. The van der Waals surface area contributed by atoms with Gasteiger partial charge in [-0.3, -0.25) is 0 Å². The predicted molar refractivity (Wildman–Crippen MR) is 200 cm³/mol. The largest absolute Gasteiger partial charge is 1.00 e. The van der Waals surface area contributed by atoms with Crippen molar-refractivity contribution in [3.63, 3.8) is 0 Å². The average molecular weight is 718 g/mol. The summed E-state index contributed by atoms with van der Waals surface area (Å²) in [6, 6.07) is 0. The lowest BCUT2D eigenvalue weighted by Crippen LogP contribution is -3.00. The molecule has 260 valence electrons. The monoisotopic (exact) mass is 716 g/mol. The van der Waals surface area contributed by atoms with Gasteiger partial charge in [-0.2, -0.15) is 0 Å². The molecule has 0 aromatic heterocycles. The molecule has 0 nitrogen and oxygen atoms in total. The van der Waals surface area contributed by atoms with Crippen LogP contribution in [0.25, 0.3) is 0 Å². The van der Waals surface area contributed by atoms with E-state index in [4.69, 9.17) is 0 Å². The van der Waals surface area contributed by atoms with Gasteiger partial charge >= 0.3 is 0 Å². The van der Waals surface area contributed by atoms with E-state index in [1.54, 1.807) is 31.1 Å². The molecule has 0 atom stereocenters. The lowest BCUT2D eigenvalue weighted by atomic mass is 10.0. The number of hydrogen-bond acceptors (Lipinski definition) is 0. The van der Waals surface area contributed by atoms with Crippen LogP contribution in [0.3, 0.4) is 0 Å². The smallest absolute Gasteiger partial charge is 0.0594 e. The molecule has 0 bridgehead atoms. The third-order valence-electron chi connectivity index (χ3n) is 10.1. The fourth-order valence-corrected chi connectivity index (χ4v) is 14.4. The normalized spacial score (nSPS) is 11.4. The van der Waals surface area contributed by atoms with Crippen LogP contribution in [-0.2, 0) is 0 Å². The Hall–Kier alpha value is 1.63. The Kier molecular flexibility index (Phi) is 46.7. The van der Waals surface area contributed by atoms with Gasteiger partial charge in [-0.05, 0) is 59.8 Å². The molecule has 0 unspecified atom stereocenters. The quantitative estimate of drug-likeness (QED) is 0.0515. The molecule has 0 radical (unpaired) electrons. The Bertz CT molecular complexity index is 431. The van der Waals surface area contributed by atoms with Crippen molar-refractivity contribution in [2.75, 3.05) is 49.3 Å². The molecule has 0 rings (SSSR count). The minimum atomic E-state index is -0.634. The Balaban J connectivity index is -0.000000564. The molecule has 0 heterocycles. The first kappa shape index (κ1) is 50.5. The van der Waals surface area contributed by atoms with Crippen LogP contribution in [0.15, 0.2) is 0 Å². The maximum Gasteiger partial charge on any atom is 0.0594 e. The number of halogens is 2. The summed E-state index contributed by atoms with van der Waals surface area (Å²) in [6.45, 7) is 18.9. The van der Waals surface area contributed by atoms with E-state index in [1.165, 1.54) is 159 Å². The SMILES string of the molecule is CCCCCCCCCCCCCCCCCC[P+](CCCC)(CCCC)CCCC.CC[P+](CC)(CC)CC.[Br-].[Cl-]. The van der Waals surface area contributed by atoms with Gasteiger partial charge in [0.25, 0.3) is 0 Å². The zero-order valence-corrected chi connectivity index (χ0v) is 35.0. The van der Waals surface area contributed by atoms with E-state index in [0.29, 0.717) is 0 Å². The fourth-order valence-electron chi connectivity index (χ4n) is 6.49. The zero-order valence-electron chi connectivity index (χ0n) is 30.9. The molecule has 0 aliphatic carbocycles. The summed E-state index contributed by atoms with van der Waals surface area (Å²) in [4.78, 5) is 0. The molecule has 4 heteroatoms. The van der Waals surface area contributed by atoms with Crippen molar-refractivity contribution < 1.29 is 29.4 Å². The topological polar surface area (TPSA) is 0 Å². The van der Waals surface area contributed by atoms with Crippen molar-refractivity contribution in [3.8, 4) is 0 Å². The van der Waals surface area contributed by atoms with Gasteiger partial charge < -0.3 is 29.4 Å². The first-order valence-electron chi connectivity index (χ1n) is 19.2. The summed E-state index contributed by atoms with van der Waals surface area (Å²) in [5.41, 5.74) is 0. The maximum absolute atomic E-state index is 2.39. The highest BCUT2D eigenvalue weighted by Crippen LogP contribution is 2.61. The highest BCUT2D eigenvalue weighted by molar-refractivity contribution is 7.76. The lowest BCUT2D eigenvalue weighted by Gasteiger charge is -2.28. The minimum Gasteiger partial charge on any atom is -1.00 e. The summed E-state index contributed by atoms with van der Waals surface area (Å²) in [5, 5.41) is 0. The van der Waals surface area contributed by atoms with Gasteiger partial charge in [0.1, 0.15) is 0 Å². The summed E-state index contributed by atoms with van der Waals surface area (Å²) in [6.07, 6.45) is 44.8. The molecule has 0 fully saturated rings. The predicted octanol–water partition coefficient (Wildman–Crippen LogP) is 8.76. The first-order valence-corrected chi connectivity index (χ1v) is 24.2. The van der Waals surface area contributed by atoms with Crippen molar-refractivity contribution in [3.05, 3.63) is 0 Å². The van der Waals surface area contributed by atoms with Crippen molar-refractivity contribution in [2.45, 2.75) is 197 Å². The molecule has 0 aromatic rings. The molecular weight excluding hydrogens is 634 g/mol. The van der Waals surface area contributed by atoms with Crippen molar-refractivity contribution in [1.82, 2.24) is 0 Å². The van der Waals surface area contributed by atoms with E-state index in [1.807, 2.05) is 0 Å². The van der Waals surface area contributed by atoms with Gasteiger partial charge in [0.05, 0.1) is 49.3 Å². The molecule has 0 aliphatic rings. The molecule has 0 spiro atoms. The summed E-state index contributed by atoms with van der Waals surface area (Å²) in [5.74, 6) is 0. The van der Waals surface area contributed by atoms with Gasteiger partial charge in [0.15, 0.2) is 0 Å². The Morgan fingerprint density at radius 3 is 0.690 bits per heavy atom. The van der Waals surface area contributed by atoms with E-state index < -0.39 is 14.5 Å². The van der Waals surface area contributed by atoms with Crippen LogP contribution < -0.4 is 29.4 Å². The van der Waals surface area contributed by atoms with Gasteiger partial charge in [-0.15, -0.1) is 0 Å². The number of hydrogen-bond donors (Lipinski definition) is 0. The molecular formula is C38H84BrClP2. The minimum absolute atomic E-state index is 0.